The first kappa shape index (κ1) is 20.7. The number of ether oxygens (including phenoxy) is 1. The minimum absolute atomic E-state index is 0.0847. The van der Waals surface area contributed by atoms with Crippen LogP contribution >= 0.6 is 0 Å². The highest BCUT2D eigenvalue weighted by atomic mass is 32.2. The zero-order valence-corrected chi connectivity index (χ0v) is 16.6. The second-order valence-electron chi connectivity index (χ2n) is 6.63. The van der Waals surface area contributed by atoms with Gasteiger partial charge in [0.15, 0.2) is 6.61 Å². The molecule has 1 heterocycles. The van der Waals surface area contributed by atoms with Crippen LogP contribution in [-0.2, 0) is 14.8 Å². The molecule has 1 N–H and O–H groups in total. The van der Waals surface area contributed by atoms with Gasteiger partial charge in [-0.15, -0.1) is 0 Å². The summed E-state index contributed by atoms with van der Waals surface area (Å²) in [5, 5.41) is 13.6. The average molecular weight is 419 g/mol. The maximum absolute atomic E-state index is 12.5. The van der Waals surface area contributed by atoms with E-state index in [1.807, 2.05) is 0 Å². The Hall–Kier alpha value is -2.98. The van der Waals surface area contributed by atoms with E-state index < -0.39 is 20.9 Å². The number of nitro groups is 1. The van der Waals surface area contributed by atoms with Crippen LogP contribution in [-0.4, -0.2) is 43.2 Å². The van der Waals surface area contributed by atoms with Crippen molar-refractivity contribution in [2.75, 3.05) is 25.0 Å². The number of carbonyl (C=O) groups is 1. The fraction of sp³-hybridized carbons (Fsp3) is 0.316. The summed E-state index contributed by atoms with van der Waals surface area (Å²) < 4.78 is 31.8. The minimum atomic E-state index is -3.50. The predicted molar refractivity (Wildman–Crippen MR) is 106 cm³/mol. The largest absolute Gasteiger partial charge is 0.484 e. The zero-order valence-electron chi connectivity index (χ0n) is 15.8. The summed E-state index contributed by atoms with van der Waals surface area (Å²) >= 11 is 0. The molecule has 2 aromatic carbocycles. The van der Waals surface area contributed by atoms with E-state index in [0.717, 1.165) is 12.8 Å². The van der Waals surface area contributed by atoms with Crippen LogP contribution in [0.1, 0.15) is 18.4 Å². The number of nitro benzene ring substituents is 1. The molecule has 1 aliphatic rings. The van der Waals surface area contributed by atoms with Gasteiger partial charge in [0.05, 0.1) is 21.1 Å². The molecule has 2 aromatic rings. The first-order valence-electron chi connectivity index (χ1n) is 9.06. The molecular weight excluding hydrogens is 398 g/mol. The van der Waals surface area contributed by atoms with Crippen LogP contribution in [0.3, 0.4) is 0 Å². The van der Waals surface area contributed by atoms with Crippen molar-refractivity contribution in [1.82, 2.24) is 4.31 Å². The van der Waals surface area contributed by atoms with Gasteiger partial charge in [-0.25, -0.2) is 8.42 Å². The monoisotopic (exact) mass is 419 g/mol. The van der Waals surface area contributed by atoms with Gasteiger partial charge in [0, 0.05) is 19.2 Å². The topological polar surface area (TPSA) is 119 Å². The molecule has 0 atom stereocenters. The van der Waals surface area contributed by atoms with Crippen LogP contribution in [0.25, 0.3) is 0 Å². The van der Waals surface area contributed by atoms with Crippen molar-refractivity contribution < 1.29 is 22.9 Å². The van der Waals surface area contributed by atoms with E-state index in [4.69, 9.17) is 4.74 Å². The molecule has 1 saturated heterocycles. The standard InChI is InChI=1S/C19H21N3O6S/c1-14-17(5-4-6-18(14)22(24)25)20-19(23)13-28-15-7-9-16(10-8-15)29(26,27)21-11-2-3-12-21/h4-10H,2-3,11-13H2,1H3,(H,20,23). The van der Waals surface area contributed by atoms with Crippen LogP contribution in [0.2, 0.25) is 0 Å². The van der Waals surface area contributed by atoms with Gasteiger partial charge < -0.3 is 10.1 Å². The maximum Gasteiger partial charge on any atom is 0.274 e. The van der Waals surface area contributed by atoms with E-state index in [0.29, 0.717) is 30.1 Å². The van der Waals surface area contributed by atoms with Gasteiger partial charge in [-0.3, -0.25) is 14.9 Å². The molecule has 0 bridgehead atoms. The van der Waals surface area contributed by atoms with Crippen LogP contribution < -0.4 is 10.1 Å². The molecule has 0 unspecified atom stereocenters. The Balaban J connectivity index is 1.60. The Morgan fingerprint density at radius 1 is 1.17 bits per heavy atom. The van der Waals surface area contributed by atoms with Crippen molar-refractivity contribution >= 4 is 27.3 Å². The first-order valence-corrected chi connectivity index (χ1v) is 10.5. The third-order valence-corrected chi connectivity index (χ3v) is 6.59. The second-order valence-corrected chi connectivity index (χ2v) is 8.56. The summed E-state index contributed by atoms with van der Waals surface area (Å²) in [5.41, 5.74) is 0.598. The molecule has 154 valence electrons. The number of sulfonamides is 1. The molecule has 29 heavy (non-hydrogen) atoms. The van der Waals surface area contributed by atoms with Crippen molar-refractivity contribution in [2.24, 2.45) is 0 Å². The van der Waals surface area contributed by atoms with Crippen molar-refractivity contribution in [3.05, 3.63) is 58.1 Å². The number of rotatable bonds is 7. The molecule has 9 nitrogen and oxygen atoms in total. The van der Waals surface area contributed by atoms with E-state index in [2.05, 4.69) is 5.32 Å². The average Bonchev–Trinajstić information content (AvgIpc) is 3.24. The predicted octanol–water partition coefficient (Wildman–Crippen LogP) is 2.71. The van der Waals surface area contributed by atoms with Crippen LogP contribution in [0.15, 0.2) is 47.4 Å². The molecule has 0 aliphatic carbocycles. The molecule has 0 radical (unpaired) electrons. The summed E-state index contributed by atoms with van der Waals surface area (Å²) in [7, 11) is -3.50. The lowest BCUT2D eigenvalue weighted by atomic mass is 10.1. The molecule has 0 saturated carbocycles. The normalized spacial score (nSPS) is 14.5. The smallest absolute Gasteiger partial charge is 0.274 e. The van der Waals surface area contributed by atoms with Gasteiger partial charge >= 0.3 is 0 Å². The quantitative estimate of drug-likeness (QED) is 0.544. The highest BCUT2D eigenvalue weighted by molar-refractivity contribution is 7.89. The lowest BCUT2D eigenvalue weighted by Gasteiger charge is -2.15. The first-order chi connectivity index (χ1) is 13.8. The summed E-state index contributed by atoms with van der Waals surface area (Å²) in [6.07, 6.45) is 1.72. The molecule has 1 fully saturated rings. The SMILES string of the molecule is Cc1c(NC(=O)COc2ccc(S(=O)(=O)N3CCCC3)cc2)cccc1[N+](=O)[O-]. The van der Waals surface area contributed by atoms with Gasteiger partial charge in [-0.05, 0) is 50.1 Å². The maximum atomic E-state index is 12.5. The number of amides is 1. The third kappa shape index (κ3) is 4.72. The lowest BCUT2D eigenvalue weighted by molar-refractivity contribution is -0.385. The fourth-order valence-corrected chi connectivity index (χ4v) is 4.59. The van der Waals surface area contributed by atoms with E-state index in [1.54, 1.807) is 13.0 Å². The van der Waals surface area contributed by atoms with Gasteiger partial charge in [0.25, 0.3) is 11.6 Å². The lowest BCUT2D eigenvalue weighted by Crippen LogP contribution is -2.27. The molecule has 3 rings (SSSR count). The van der Waals surface area contributed by atoms with Crippen LogP contribution in [0.4, 0.5) is 11.4 Å². The van der Waals surface area contributed by atoms with E-state index in [-0.39, 0.29) is 17.2 Å². The molecule has 0 spiro atoms. The van der Waals surface area contributed by atoms with Gasteiger partial charge in [-0.1, -0.05) is 6.07 Å². The third-order valence-electron chi connectivity index (χ3n) is 4.67. The van der Waals surface area contributed by atoms with Gasteiger partial charge in [0.2, 0.25) is 10.0 Å². The van der Waals surface area contributed by atoms with Crippen molar-refractivity contribution in [3.63, 3.8) is 0 Å². The second kappa shape index (κ2) is 8.58. The minimum Gasteiger partial charge on any atom is -0.484 e. The van der Waals surface area contributed by atoms with E-state index in [9.17, 15) is 23.3 Å². The highest BCUT2D eigenvalue weighted by Gasteiger charge is 2.27. The van der Waals surface area contributed by atoms with Crippen LogP contribution in [0, 0.1) is 17.0 Å². The molecule has 10 heteroatoms. The summed E-state index contributed by atoms with van der Waals surface area (Å²) in [6, 6.07) is 10.3. The fourth-order valence-electron chi connectivity index (χ4n) is 3.08. The van der Waals surface area contributed by atoms with Crippen molar-refractivity contribution in [1.29, 1.82) is 0 Å². The van der Waals surface area contributed by atoms with Gasteiger partial charge in [0.1, 0.15) is 5.75 Å². The van der Waals surface area contributed by atoms with E-state index >= 15 is 0 Å². The Labute approximate surface area is 168 Å². The number of nitrogens with zero attached hydrogens (tertiary/aromatic N) is 2. The number of nitrogens with one attached hydrogen (secondary N) is 1. The highest BCUT2D eigenvalue weighted by Crippen LogP contribution is 2.25. The number of carbonyl (C=O) groups excluding carboxylic acids is 1. The molecule has 1 amide bonds. The van der Waals surface area contributed by atoms with Crippen LogP contribution in [0.5, 0.6) is 5.75 Å². The summed E-state index contributed by atoms with van der Waals surface area (Å²) in [4.78, 5) is 22.8. The number of hydrogen-bond donors (Lipinski definition) is 1. The number of benzene rings is 2. The Morgan fingerprint density at radius 2 is 1.83 bits per heavy atom. The van der Waals surface area contributed by atoms with Crippen molar-refractivity contribution in [2.45, 2.75) is 24.7 Å². The molecular formula is C19H21N3O6S. The Bertz CT molecular complexity index is 1010. The van der Waals surface area contributed by atoms with Crippen molar-refractivity contribution in [3.8, 4) is 5.75 Å². The summed E-state index contributed by atoms with van der Waals surface area (Å²) in [5.74, 6) is -0.140. The molecule has 0 aromatic heterocycles. The molecule has 1 aliphatic heterocycles. The van der Waals surface area contributed by atoms with E-state index in [1.165, 1.54) is 40.7 Å². The Morgan fingerprint density at radius 3 is 2.45 bits per heavy atom. The van der Waals surface area contributed by atoms with Gasteiger partial charge in [-0.2, -0.15) is 4.31 Å². The Kier molecular flexibility index (Phi) is 6.14. The zero-order chi connectivity index (χ0) is 21.0. The summed E-state index contributed by atoms with van der Waals surface area (Å²) in [6.45, 7) is 2.28. The number of hydrogen-bond acceptors (Lipinski definition) is 6. The number of anilines is 1.